The Kier molecular flexibility index (Phi) is 2.81. The predicted octanol–water partition coefficient (Wildman–Crippen LogP) is 3.98. The van der Waals surface area contributed by atoms with E-state index >= 15 is 0 Å². The van der Waals surface area contributed by atoms with Crippen LogP contribution in [0.5, 0.6) is 5.75 Å². The Morgan fingerprint density at radius 3 is 2.63 bits per heavy atom. The molecule has 1 saturated carbocycles. The zero-order valence-electron chi connectivity index (χ0n) is 11.3. The molecule has 2 heteroatoms. The van der Waals surface area contributed by atoms with Gasteiger partial charge in [0.1, 0.15) is 17.6 Å². The summed E-state index contributed by atoms with van der Waals surface area (Å²) < 4.78 is 6.01. The Hall–Kier alpha value is -1.83. The van der Waals surface area contributed by atoms with Gasteiger partial charge >= 0.3 is 0 Å². The van der Waals surface area contributed by atoms with Gasteiger partial charge in [0.2, 0.25) is 0 Å². The van der Waals surface area contributed by atoms with Crippen molar-refractivity contribution >= 4 is 16.6 Å². The van der Waals surface area contributed by atoms with Crippen LogP contribution in [-0.4, -0.2) is 11.9 Å². The van der Waals surface area contributed by atoms with Gasteiger partial charge in [-0.3, -0.25) is 4.79 Å². The monoisotopic (exact) mass is 254 g/mol. The average molecular weight is 254 g/mol. The van der Waals surface area contributed by atoms with Crippen LogP contribution in [0.4, 0.5) is 0 Å². The third kappa shape index (κ3) is 1.92. The lowest BCUT2D eigenvalue weighted by molar-refractivity contribution is -0.150. The minimum Gasteiger partial charge on any atom is -0.489 e. The standard InChI is InChI=1S/C17H18O2/c1-3-17(2)15(18)11-16(17)19-14-9-8-12-6-4-5-7-13(12)10-14/h4-10,16H,3,11H2,1-2H3. The van der Waals surface area contributed by atoms with Crippen molar-refractivity contribution in [3.05, 3.63) is 42.5 Å². The van der Waals surface area contributed by atoms with E-state index in [1.165, 1.54) is 10.8 Å². The van der Waals surface area contributed by atoms with E-state index < -0.39 is 0 Å². The number of Topliss-reactive ketones (excluding diaryl/α,β-unsaturated/α-hetero) is 1. The Morgan fingerprint density at radius 2 is 1.95 bits per heavy atom. The van der Waals surface area contributed by atoms with Crippen molar-refractivity contribution < 1.29 is 9.53 Å². The van der Waals surface area contributed by atoms with Gasteiger partial charge in [-0.15, -0.1) is 0 Å². The summed E-state index contributed by atoms with van der Waals surface area (Å²) in [4.78, 5) is 11.7. The normalized spacial score (nSPS) is 26.2. The van der Waals surface area contributed by atoms with Gasteiger partial charge in [-0.2, -0.15) is 0 Å². The molecule has 0 spiro atoms. The minimum absolute atomic E-state index is 0.0196. The number of carbonyl (C=O) groups is 1. The van der Waals surface area contributed by atoms with Crippen molar-refractivity contribution in [3.63, 3.8) is 0 Å². The Labute approximate surface area is 113 Å². The molecule has 0 saturated heterocycles. The summed E-state index contributed by atoms with van der Waals surface area (Å²) in [5.74, 6) is 1.18. The second kappa shape index (κ2) is 4.37. The van der Waals surface area contributed by atoms with Crippen LogP contribution in [0.25, 0.3) is 10.8 Å². The Morgan fingerprint density at radius 1 is 1.21 bits per heavy atom. The summed E-state index contributed by atoms with van der Waals surface area (Å²) in [7, 11) is 0. The van der Waals surface area contributed by atoms with E-state index in [1.54, 1.807) is 0 Å². The highest BCUT2D eigenvalue weighted by molar-refractivity contribution is 5.92. The highest BCUT2D eigenvalue weighted by Crippen LogP contribution is 2.42. The smallest absolute Gasteiger partial charge is 0.146 e. The molecule has 2 aromatic carbocycles. The zero-order valence-corrected chi connectivity index (χ0v) is 11.3. The van der Waals surface area contributed by atoms with Gasteiger partial charge in [0.15, 0.2) is 0 Å². The summed E-state index contributed by atoms with van der Waals surface area (Å²) in [6.45, 7) is 4.05. The second-order valence-electron chi connectivity index (χ2n) is 5.51. The van der Waals surface area contributed by atoms with Gasteiger partial charge in [-0.25, -0.2) is 0 Å². The summed E-state index contributed by atoms with van der Waals surface area (Å²) in [5, 5.41) is 2.38. The van der Waals surface area contributed by atoms with Crippen LogP contribution in [0.2, 0.25) is 0 Å². The molecule has 0 aliphatic heterocycles. The van der Waals surface area contributed by atoms with Crippen LogP contribution in [-0.2, 0) is 4.79 Å². The van der Waals surface area contributed by atoms with Gasteiger partial charge in [0.25, 0.3) is 0 Å². The molecule has 1 aliphatic carbocycles. The van der Waals surface area contributed by atoms with E-state index in [2.05, 4.69) is 18.2 Å². The van der Waals surface area contributed by atoms with E-state index in [1.807, 2.05) is 38.1 Å². The molecule has 2 nitrogen and oxygen atoms in total. The van der Waals surface area contributed by atoms with Crippen molar-refractivity contribution in [2.24, 2.45) is 5.41 Å². The first-order valence-electron chi connectivity index (χ1n) is 6.82. The molecule has 2 unspecified atom stereocenters. The zero-order chi connectivity index (χ0) is 13.5. The molecule has 0 heterocycles. The SMILES string of the molecule is CCC1(C)C(=O)CC1Oc1ccc2ccccc2c1. The van der Waals surface area contributed by atoms with Gasteiger partial charge in [-0.1, -0.05) is 37.3 Å². The summed E-state index contributed by atoms with van der Waals surface area (Å²) in [6.07, 6.45) is 1.40. The maximum atomic E-state index is 11.7. The number of benzene rings is 2. The Bertz CT molecular complexity index is 632. The molecule has 98 valence electrons. The first-order valence-corrected chi connectivity index (χ1v) is 6.82. The first kappa shape index (κ1) is 12.2. The van der Waals surface area contributed by atoms with Crippen molar-refractivity contribution in [1.82, 2.24) is 0 Å². The van der Waals surface area contributed by atoms with Crippen molar-refractivity contribution in [2.75, 3.05) is 0 Å². The minimum atomic E-state index is -0.300. The highest BCUT2D eigenvalue weighted by Gasteiger charge is 2.51. The molecule has 2 atom stereocenters. The largest absolute Gasteiger partial charge is 0.489 e. The topological polar surface area (TPSA) is 26.3 Å². The fraction of sp³-hybridized carbons (Fsp3) is 0.353. The fourth-order valence-corrected chi connectivity index (χ4v) is 2.68. The molecular weight excluding hydrogens is 236 g/mol. The summed E-state index contributed by atoms with van der Waals surface area (Å²) in [6, 6.07) is 14.3. The van der Waals surface area contributed by atoms with Crippen LogP contribution in [0.15, 0.2) is 42.5 Å². The number of fused-ring (bicyclic) bond motifs is 1. The molecule has 2 aromatic rings. The Balaban J connectivity index is 1.84. The lowest BCUT2D eigenvalue weighted by Gasteiger charge is -2.44. The van der Waals surface area contributed by atoms with E-state index in [-0.39, 0.29) is 11.5 Å². The molecular formula is C17H18O2. The molecule has 1 aliphatic rings. The highest BCUT2D eigenvalue weighted by atomic mass is 16.5. The van der Waals surface area contributed by atoms with Crippen LogP contribution in [0, 0.1) is 5.41 Å². The summed E-state index contributed by atoms with van der Waals surface area (Å²) in [5.41, 5.74) is -0.300. The van der Waals surface area contributed by atoms with E-state index in [0.717, 1.165) is 12.2 Å². The second-order valence-corrected chi connectivity index (χ2v) is 5.51. The van der Waals surface area contributed by atoms with Gasteiger partial charge in [-0.05, 0) is 36.2 Å². The molecule has 0 amide bonds. The van der Waals surface area contributed by atoms with Crippen LogP contribution in [0.3, 0.4) is 0 Å². The van der Waals surface area contributed by atoms with Crippen LogP contribution >= 0.6 is 0 Å². The van der Waals surface area contributed by atoms with Crippen molar-refractivity contribution in [3.8, 4) is 5.75 Å². The molecule has 3 rings (SSSR count). The van der Waals surface area contributed by atoms with Gasteiger partial charge in [0, 0.05) is 6.42 Å². The van der Waals surface area contributed by atoms with Gasteiger partial charge < -0.3 is 4.74 Å². The van der Waals surface area contributed by atoms with E-state index in [4.69, 9.17) is 4.74 Å². The third-order valence-corrected chi connectivity index (χ3v) is 4.45. The molecule has 0 radical (unpaired) electrons. The molecule has 1 fully saturated rings. The van der Waals surface area contributed by atoms with Crippen LogP contribution < -0.4 is 4.74 Å². The number of carbonyl (C=O) groups excluding carboxylic acids is 1. The third-order valence-electron chi connectivity index (χ3n) is 4.45. The fourth-order valence-electron chi connectivity index (χ4n) is 2.68. The molecule has 19 heavy (non-hydrogen) atoms. The number of ketones is 1. The first-order chi connectivity index (χ1) is 9.13. The molecule has 0 aromatic heterocycles. The molecule has 0 N–H and O–H groups in total. The van der Waals surface area contributed by atoms with E-state index in [0.29, 0.717) is 12.2 Å². The van der Waals surface area contributed by atoms with Gasteiger partial charge in [0.05, 0.1) is 5.41 Å². The molecule has 0 bridgehead atoms. The van der Waals surface area contributed by atoms with Crippen LogP contribution in [0.1, 0.15) is 26.7 Å². The number of hydrogen-bond donors (Lipinski definition) is 0. The quantitative estimate of drug-likeness (QED) is 0.828. The average Bonchev–Trinajstić information content (AvgIpc) is 2.46. The van der Waals surface area contributed by atoms with E-state index in [9.17, 15) is 4.79 Å². The van der Waals surface area contributed by atoms with Crippen molar-refractivity contribution in [1.29, 1.82) is 0 Å². The number of ether oxygens (including phenoxy) is 1. The van der Waals surface area contributed by atoms with Crippen molar-refractivity contribution in [2.45, 2.75) is 32.8 Å². The number of hydrogen-bond acceptors (Lipinski definition) is 2. The maximum Gasteiger partial charge on any atom is 0.146 e. The number of rotatable bonds is 3. The summed E-state index contributed by atoms with van der Waals surface area (Å²) >= 11 is 0. The maximum absolute atomic E-state index is 11.7. The lowest BCUT2D eigenvalue weighted by atomic mass is 9.64. The predicted molar refractivity (Wildman–Crippen MR) is 76.4 cm³/mol. The lowest BCUT2D eigenvalue weighted by Crippen LogP contribution is -2.54.